The summed E-state index contributed by atoms with van der Waals surface area (Å²) in [6.45, 7) is 2.20. The molecule has 14 heavy (non-hydrogen) atoms. The molecule has 0 bridgehead atoms. The quantitative estimate of drug-likeness (QED) is 0.810. The van der Waals surface area contributed by atoms with E-state index in [-0.39, 0.29) is 17.4 Å². The standard InChI is InChI=1S/C9H11NO2S.ClH/c1-5-2-3-6-7(4-5)13-8(10-6)9(11)12;/h5H,2-4H2,1H3,(H,11,12);1H. The predicted octanol–water partition coefficient (Wildman–Crippen LogP) is 2.39. The molecular formula is C9H12ClNO2S. The second-order valence-corrected chi connectivity index (χ2v) is 4.63. The van der Waals surface area contributed by atoms with Crippen LogP contribution in [0.2, 0.25) is 0 Å². The van der Waals surface area contributed by atoms with Crippen molar-refractivity contribution in [2.24, 2.45) is 5.92 Å². The highest BCUT2D eigenvalue weighted by atomic mass is 35.5. The molecule has 0 spiro atoms. The number of fused-ring (bicyclic) bond motifs is 1. The Balaban J connectivity index is 0.000000980. The largest absolute Gasteiger partial charge is 0.476 e. The number of aromatic carboxylic acids is 1. The van der Waals surface area contributed by atoms with Gasteiger partial charge in [0, 0.05) is 4.88 Å². The Kier molecular flexibility index (Phi) is 3.50. The van der Waals surface area contributed by atoms with Crippen LogP contribution in [0, 0.1) is 5.92 Å². The molecule has 0 fully saturated rings. The predicted molar refractivity (Wildman–Crippen MR) is 57.5 cm³/mol. The first-order chi connectivity index (χ1) is 6.16. The van der Waals surface area contributed by atoms with Crippen molar-refractivity contribution < 1.29 is 9.90 Å². The molecule has 0 amide bonds. The van der Waals surface area contributed by atoms with E-state index < -0.39 is 5.97 Å². The van der Waals surface area contributed by atoms with Crippen LogP contribution in [-0.2, 0) is 12.8 Å². The molecule has 1 aliphatic carbocycles. The van der Waals surface area contributed by atoms with Crippen LogP contribution in [0.5, 0.6) is 0 Å². The molecule has 2 rings (SSSR count). The molecule has 0 aromatic carbocycles. The molecule has 78 valence electrons. The van der Waals surface area contributed by atoms with E-state index >= 15 is 0 Å². The zero-order chi connectivity index (χ0) is 9.42. The number of hydrogen-bond donors (Lipinski definition) is 1. The first-order valence-electron chi connectivity index (χ1n) is 4.38. The Hall–Kier alpha value is -0.610. The van der Waals surface area contributed by atoms with Gasteiger partial charge in [-0.05, 0) is 25.2 Å². The lowest BCUT2D eigenvalue weighted by Crippen LogP contribution is -2.09. The van der Waals surface area contributed by atoms with Gasteiger partial charge >= 0.3 is 5.97 Å². The van der Waals surface area contributed by atoms with Crippen molar-refractivity contribution in [2.45, 2.75) is 26.2 Å². The smallest absolute Gasteiger partial charge is 0.365 e. The van der Waals surface area contributed by atoms with Gasteiger partial charge in [-0.15, -0.1) is 23.7 Å². The first kappa shape index (κ1) is 11.5. The van der Waals surface area contributed by atoms with Gasteiger partial charge in [-0.2, -0.15) is 0 Å². The maximum atomic E-state index is 10.6. The summed E-state index contributed by atoms with van der Waals surface area (Å²) in [5.74, 6) is -0.221. The summed E-state index contributed by atoms with van der Waals surface area (Å²) in [4.78, 5) is 15.9. The Bertz CT molecular complexity index is 351. The van der Waals surface area contributed by atoms with Gasteiger partial charge in [0.15, 0.2) is 0 Å². The first-order valence-corrected chi connectivity index (χ1v) is 5.20. The summed E-state index contributed by atoms with van der Waals surface area (Å²) in [6, 6.07) is 0. The zero-order valence-corrected chi connectivity index (χ0v) is 9.45. The number of thiazole rings is 1. The molecular weight excluding hydrogens is 222 g/mol. The van der Waals surface area contributed by atoms with Crippen molar-refractivity contribution in [3.63, 3.8) is 0 Å². The maximum Gasteiger partial charge on any atom is 0.365 e. The molecule has 1 aromatic rings. The molecule has 0 saturated heterocycles. The molecule has 5 heteroatoms. The molecule has 0 aliphatic heterocycles. The minimum Gasteiger partial charge on any atom is -0.476 e. The summed E-state index contributed by atoms with van der Waals surface area (Å²) in [7, 11) is 0. The minimum atomic E-state index is -0.896. The third-order valence-corrected chi connectivity index (χ3v) is 3.48. The number of aromatic nitrogens is 1. The Labute approximate surface area is 92.6 Å². The van der Waals surface area contributed by atoms with E-state index in [1.165, 1.54) is 16.2 Å². The van der Waals surface area contributed by atoms with E-state index in [4.69, 9.17) is 5.11 Å². The Morgan fingerprint density at radius 1 is 1.64 bits per heavy atom. The Morgan fingerprint density at radius 3 is 3.00 bits per heavy atom. The molecule has 1 aromatic heterocycles. The van der Waals surface area contributed by atoms with Gasteiger partial charge in [-0.3, -0.25) is 0 Å². The van der Waals surface area contributed by atoms with Gasteiger partial charge in [0.1, 0.15) is 0 Å². The molecule has 1 N–H and O–H groups in total. The molecule has 3 nitrogen and oxygen atoms in total. The fourth-order valence-electron chi connectivity index (χ4n) is 1.63. The normalized spacial score (nSPS) is 19.6. The topological polar surface area (TPSA) is 50.2 Å². The van der Waals surface area contributed by atoms with E-state index in [2.05, 4.69) is 11.9 Å². The lowest BCUT2D eigenvalue weighted by molar-refractivity contribution is 0.0696. The number of carbonyl (C=O) groups is 1. The summed E-state index contributed by atoms with van der Waals surface area (Å²) >= 11 is 1.34. The highest BCUT2D eigenvalue weighted by Crippen LogP contribution is 2.29. The number of rotatable bonds is 1. The fourth-order valence-corrected chi connectivity index (χ4v) is 2.74. The zero-order valence-electron chi connectivity index (χ0n) is 7.82. The van der Waals surface area contributed by atoms with E-state index in [9.17, 15) is 4.79 Å². The number of nitrogens with zero attached hydrogens (tertiary/aromatic N) is 1. The number of halogens is 1. The van der Waals surface area contributed by atoms with Gasteiger partial charge < -0.3 is 5.11 Å². The van der Waals surface area contributed by atoms with E-state index in [1.807, 2.05) is 0 Å². The second kappa shape index (κ2) is 4.28. The van der Waals surface area contributed by atoms with Crippen LogP contribution in [0.15, 0.2) is 0 Å². The monoisotopic (exact) mass is 233 g/mol. The lowest BCUT2D eigenvalue weighted by Gasteiger charge is -2.15. The third-order valence-electron chi connectivity index (χ3n) is 2.37. The highest BCUT2D eigenvalue weighted by molar-refractivity contribution is 7.13. The SMILES string of the molecule is CC1CCc2nc(C(=O)O)sc2C1.Cl. The third kappa shape index (κ3) is 2.07. The maximum absolute atomic E-state index is 10.6. The number of carboxylic acid groups (broad SMARTS) is 1. The van der Waals surface area contributed by atoms with Crippen molar-refractivity contribution in [1.82, 2.24) is 4.98 Å². The van der Waals surface area contributed by atoms with Crippen LogP contribution in [0.3, 0.4) is 0 Å². The van der Waals surface area contributed by atoms with Crippen molar-refractivity contribution in [1.29, 1.82) is 0 Å². The van der Waals surface area contributed by atoms with Crippen LogP contribution in [0.4, 0.5) is 0 Å². The summed E-state index contributed by atoms with van der Waals surface area (Å²) in [5.41, 5.74) is 1.01. The van der Waals surface area contributed by atoms with Gasteiger partial charge in [-0.25, -0.2) is 9.78 Å². The average Bonchev–Trinajstić information content (AvgIpc) is 2.46. The Morgan fingerprint density at radius 2 is 2.36 bits per heavy atom. The van der Waals surface area contributed by atoms with Gasteiger partial charge in [0.05, 0.1) is 5.69 Å². The van der Waals surface area contributed by atoms with Crippen LogP contribution in [-0.4, -0.2) is 16.1 Å². The van der Waals surface area contributed by atoms with Crippen molar-refractivity contribution in [3.05, 3.63) is 15.6 Å². The fraction of sp³-hybridized carbons (Fsp3) is 0.556. The van der Waals surface area contributed by atoms with Gasteiger partial charge in [0.2, 0.25) is 5.01 Å². The number of aryl methyl sites for hydroxylation is 1. The average molecular weight is 234 g/mol. The molecule has 1 heterocycles. The highest BCUT2D eigenvalue weighted by Gasteiger charge is 2.21. The van der Waals surface area contributed by atoms with E-state index in [0.717, 1.165) is 25.0 Å². The van der Waals surface area contributed by atoms with Crippen LogP contribution in [0.1, 0.15) is 33.7 Å². The minimum absolute atomic E-state index is 0. The van der Waals surface area contributed by atoms with Crippen molar-refractivity contribution in [2.75, 3.05) is 0 Å². The molecule has 1 unspecified atom stereocenters. The molecule has 1 aliphatic rings. The van der Waals surface area contributed by atoms with Crippen LogP contribution >= 0.6 is 23.7 Å². The molecule has 0 saturated carbocycles. The van der Waals surface area contributed by atoms with E-state index in [0.29, 0.717) is 5.92 Å². The molecule has 0 radical (unpaired) electrons. The van der Waals surface area contributed by atoms with Crippen molar-refractivity contribution >= 4 is 29.7 Å². The lowest BCUT2D eigenvalue weighted by atomic mass is 9.93. The van der Waals surface area contributed by atoms with Crippen LogP contribution in [0.25, 0.3) is 0 Å². The number of carboxylic acids is 1. The summed E-state index contributed by atoms with van der Waals surface area (Å²) in [6.07, 6.45) is 3.08. The van der Waals surface area contributed by atoms with Gasteiger partial charge in [-0.1, -0.05) is 6.92 Å². The summed E-state index contributed by atoms with van der Waals surface area (Å²) < 4.78 is 0. The van der Waals surface area contributed by atoms with Gasteiger partial charge in [0.25, 0.3) is 0 Å². The number of hydrogen-bond acceptors (Lipinski definition) is 3. The van der Waals surface area contributed by atoms with Crippen LogP contribution < -0.4 is 0 Å². The van der Waals surface area contributed by atoms with Crippen molar-refractivity contribution in [3.8, 4) is 0 Å². The second-order valence-electron chi connectivity index (χ2n) is 3.54. The van der Waals surface area contributed by atoms with E-state index in [1.54, 1.807) is 0 Å². The summed E-state index contributed by atoms with van der Waals surface area (Å²) in [5, 5.41) is 9.00. The molecule has 1 atom stereocenters.